The standard InChI is InChI=1S/C14H17NO2/c1-2-15-9-8-12(13(10-15)14(16)17)11-6-4-3-5-7-11/h3-7H,2,8-10H2,1H3,(H,16,17). The van der Waals surface area contributed by atoms with E-state index >= 15 is 0 Å². The highest BCUT2D eigenvalue weighted by molar-refractivity contribution is 5.97. The van der Waals surface area contributed by atoms with Crippen LogP contribution in [0.15, 0.2) is 35.9 Å². The van der Waals surface area contributed by atoms with Crippen molar-refractivity contribution in [1.82, 2.24) is 4.90 Å². The van der Waals surface area contributed by atoms with Crippen LogP contribution in [0.2, 0.25) is 0 Å². The second-order valence-corrected chi connectivity index (χ2v) is 4.25. The van der Waals surface area contributed by atoms with E-state index in [1.54, 1.807) is 0 Å². The number of carboxylic acids is 1. The number of nitrogens with zero attached hydrogens (tertiary/aromatic N) is 1. The highest BCUT2D eigenvalue weighted by Crippen LogP contribution is 2.27. The Balaban J connectivity index is 2.38. The smallest absolute Gasteiger partial charge is 0.333 e. The van der Waals surface area contributed by atoms with Gasteiger partial charge in [0.25, 0.3) is 0 Å². The Morgan fingerprint density at radius 2 is 2.06 bits per heavy atom. The summed E-state index contributed by atoms with van der Waals surface area (Å²) in [4.78, 5) is 13.5. The largest absolute Gasteiger partial charge is 0.478 e. The van der Waals surface area contributed by atoms with E-state index in [-0.39, 0.29) is 0 Å². The van der Waals surface area contributed by atoms with Crippen molar-refractivity contribution in [1.29, 1.82) is 0 Å². The molecule has 17 heavy (non-hydrogen) atoms. The van der Waals surface area contributed by atoms with E-state index in [0.717, 1.165) is 30.6 Å². The third-order valence-electron chi connectivity index (χ3n) is 3.25. The summed E-state index contributed by atoms with van der Waals surface area (Å²) in [7, 11) is 0. The summed E-state index contributed by atoms with van der Waals surface area (Å²) < 4.78 is 0. The molecule has 0 spiro atoms. The number of rotatable bonds is 3. The second-order valence-electron chi connectivity index (χ2n) is 4.25. The Kier molecular flexibility index (Phi) is 3.59. The zero-order valence-corrected chi connectivity index (χ0v) is 10.0. The van der Waals surface area contributed by atoms with Crippen molar-refractivity contribution in [2.45, 2.75) is 13.3 Å². The van der Waals surface area contributed by atoms with Crippen LogP contribution in [0.3, 0.4) is 0 Å². The van der Waals surface area contributed by atoms with Gasteiger partial charge in [-0.05, 0) is 24.1 Å². The molecule has 0 unspecified atom stereocenters. The zero-order chi connectivity index (χ0) is 12.3. The van der Waals surface area contributed by atoms with Gasteiger partial charge in [-0.15, -0.1) is 0 Å². The third-order valence-corrected chi connectivity index (χ3v) is 3.25. The van der Waals surface area contributed by atoms with Crippen LogP contribution in [0.4, 0.5) is 0 Å². The average Bonchev–Trinajstić information content (AvgIpc) is 2.39. The fourth-order valence-electron chi connectivity index (χ4n) is 2.24. The highest BCUT2D eigenvalue weighted by Gasteiger charge is 2.23. The van der Waals surface area contributed by atoms with Crippen molar-refractivity contribution < 1.29 is 9.90 Å². The van der Waals surface area contributed by atoms with E-state index in [0.29, 0.717) is 12.1 Å². The Morgan fingerprint density at radius 1 is 1.35 bits per heavy atom. The average molecular weight is 231 g/mol. The molecule has 2 rings (SSSR count). The summed E-state index contributed by atoms with van der Waals surface area (Å²) in [6, 6.07) is 9.83. The van der Waals surface area contributed by atoms with E-state index in [1.165, 1.54) is 0 Å². The van der Waals surface area contributed by atoms with Gasteiger partial charge in [0.05, 0.1) is 5.57 Å². The van der Waals surface area contributed by atoms with E-state index in [1.807, 2.05) is 30.3 Å². The van der Waals surface area contributed by atoms with E-state index in [2.05, 4.69) is 11.8 Å². The topological polar surface area (TPSA) is 40.5 Å². The molecule has 1 aliphatic heterocycles. The predicted molar refractivity (Wildman–Crippen MR) is 67.7 cm³/mol. The van der Waals surface area contributed by atoms with Crippen LogP contribution in [-0.4, -0.2) is 35.6 Å². The Labute approximate surface area is 101 Å². The van der Waals surface area contributed by atoms with Gasteiger partial charge in [0.1, 0.15) is 0 Å². The van der Waals surface area contributed by atoms with Gasteiger partial charge in [-0.3, -0.25) is 4.90 Å². The lowest BCUT2D eigenvalue weighted by molar-refractivity contribution is -0.133. The Morgan fingerprint density at radius 3 is 2.65 bits per heavy atom. The number of likely N-dealkylation sites (N-methyl/N-ethyl adjacent to an activating group) is 1. The van der Waals surface area contributed by atoms with Gasteiger partial charge >= 0.3 is 5.97 Å². The number of benzene rings is 1. The van der Waals surface area contributed by atoms with Crippen LogP contribution >= 0.6 is 0 Å². The van der Waals surface area contributed by atoms with Crippen molar-refractivity contribution in [2.24, 2.45) is 0 Å². The molecular weight excluding hydrogens is 214 g/mol. The minimum atomic E-state index is -0.790. The van der Waals surface area contributed by atoms with E-state index in [4.69, 9.17) is 0 Å². The third kappa shape index (κ3) is 2.56. The number of carbonyl (C=O) groups is 1. The molecule has 0 aromatic heterocycles. The van der Waals surface area contributed by atoms with Gasteiger partial charge < -0.3 is 5.11 Å². The summed E-state index contributed by atoms with van der Waals surface area (Å²) in [6.07, 6.45) is 0.819. The monoisotopic (exact) mass is 231 g/mol. The highest BCUT2D eigenvalue weighted by atomic mass is 16.4. The van der Waals surface area contributed by atoms with Crippen LogP contribution < -0.4 is 0 Å². The molecule has 90 valence electrons. The van der Waals surface area contributed by atoms with E-state index in [9.17, 15) is 9.90 Å². The molecule has 0 fully saturated rings. The van der Waals surface area contributed by atoms with Gasteiger partial charge in [-0.2, -0.15) is 0 Å². The molecule has 0 amide bonds. The normalized spacial score (nSPS) is 17.2. The molecule has 0 atom stereocenters. The lowest BCUT2D eigenvalue weighted by atomic mass is 9.93. The first-order chi connectivity index (χ1) is 8.22. The number of carboxylic acid groups (broad SMARTS) is 1. The van der Waals surface area contributed by atoms with Gasteiger partial charge in [-0.1, -0.05) is 37.3 Å². The molecule has 3 heteroatoms. The van der Waals surface area contributed by atoms with Gasteiger partial charge in [-0.25, -0.2) is 4.79 Å². The fourth-order valence-corrected chi connectivity index (χ4v) is 2.24. The molecule has 3 nitrogen and oxygen atoms in total. The maximum absolute atomic E-state index is 11.3. The molecule has 0 aliphatic carbocycles. The lowest BCUT2D eigenvalue weighted by Gasteiger charge is -2.28. The summed E-state index contributed by atoms with van der Waals surface area (Å²) in [5.74, 6) is -0.790. The van der Waals surface area contributed by atoms with Gasteiger partial charge in [0.15, 0.2) is 0 Å². The maximum Gasteiger partial charge on any atom is 0.333 e. The Hall–Kier alpha value is -1.61. The van der Waals surface area contributed by atoms with Crippen molar-refractivity contribution in [3.8, 4) is 0 Å². The minimum absolute atomic E-state index is 0.546. The SMILES string of the molecule is CCN1CCC(c2ccccc2)=C(C(=O)O)C1. The lowest BCUT2D eigenvalue weighted by Crippen LogP contribution is -2.33. The summed E-state index contributed by atoms with van der Waals surface area (Å²) in [5.41, 5.74) is 2.58. The van der Waals surface area contributed by atoms with Crippen molar-refractivity contribution in [3.05, 3.63) is 41.5 Å². The molecule has 0 radical (unpaired) electrons. The van der Waals surface area contributed by atoms with Crippen LogP contribution in [-0.2, 0) is 4.79 Å². The van der Waals surface area contributed by atoms with Crippen molar-refractivity contribution in [3.63, 3.8) is 0 Å². The van der Waals surface area contributed by atoms with Crippen LogP contribution in [0, 0.1) is 0 Å². The summed E-state index contributed by atoms with van der Waals surface area (Å²) in [5, 5.41) is 9.30. The van der Waals surface area contributed by atoms with Gasteiger partial charge in [0.2, 0.25) is 0 Å². The van der Waals surface area contributed by atoms with Crippen LogP contribution in [0.25, 0.3) is 5.57 Å². The minimum Gasteiger partial charge on any atom is -0.478 e. The molecule has 0 saturated heterocycles. The van der Waals surface area contributed by atoms with Crippen molar-refractivity contribution >= 4 is 11.5 Å². The second kappa shape index (κ2) is 5.15. The van der Waals surface area contributed by atoms with E-state index < -0.39 is 5.97 Å². The summed E-state index contributed by atoms with van der Waals surface area (Å²) >= 11 is 0. The molecule has 0 bridgehead atoms. The van der Waals surface area contributed by atoms with Crippen LogP contribution in [0.5, 0.6) is 0 Å². The molecule has 1 aromatic carbocycles. The first kappa shape index (κ1) is 11.9. The molecule has 0 saturated carbocycles. The number of hydrogen-bond donors (Lipinski definition) is 1. The zero-order valence-electron chi connectivity index (χ0n) is 10.0. The quantitative estimate of drug-likeness (QED) is 0.867. The van der Waals surface area contributed by atoms with Crippen LogP contribution in [0.1, 0.15) is 18.9 Å². The molecule has 1 heterocycles. The van der Waals surface area contributed by atoms with Crippen molar-refractivity contribution in [2.75, 3.05) is 19.6 Å². The predicted octanol–water partition coefficient (Wildman–Crippen LogP) is 2.25. The molecular formula is C14H17NO2. The molecule has 1 N–H and O–H groups in total. The number of aliphatic carboxylic acids is 1. The number of hydrogen-bond acceptors (Lipinski definition) is 2. The summed E-state index contributed by atoms with van der Waals surface area (Å²) in [6.45, 7) is 4.46. The fraction of sp³-hybridized carbons (Fsp3) is 0.357. The maximum atomic E-state index is 11.3. The molecule has 1 aromatic rings. The molecule has 1 aliphatic rings. The Bertz CT molecular complexity index is 437. The first-order valence-corrected chi connectivity index (χ1v) is 5.95. The van der Waals surface area contributed by atoms with Gasteiger partial charge in [0, 0.05) is 13.1 Å². The first-order valence-electron chi connectivity index (χ1n) is 5.95.